The SMILES string of the molecule is Cc1csc(Cl)c1C. The van der Waals surface area contributed by atoms with Gasteiger partial charge in [0.1, 0.15) is 0 Å². The number of hydrogen-bond donors (Lipinski definition) is 0. The molecule has 44 valence electrons. The average molecular weight is 147 g/mol. The fourth-order valence-electron chi connectivity index (χ4n) is 0.472. The van der Waals surface area contributed by atoms with E-state index in [-0.39, 0.29) is 0 Å². The van der Waals surface area contributed by atoms with Gasteiger partial charge in [0.2, 0.25) is 0 Å². The van der Waals surface area contributed by atoms with Crippen molar-refractivity contribution < 1.29 is 0 Å². The standard InChI is InChI=1S/C6H7ClS/c1-4-3-8-6(7)5(4)2/h3H,1-2H3. The molecule has 0 atom stereocenters. The van der Waals surface area contributed by atoms with Crippen molar-refractivity contribution >= 4 is 22.9 Å². The highest BCUT2D eigenvalue weighted by Crippen LogP contribution is 2.25. The molecular weight excluding hydrogens is 140 g/mol. The molecule has 1 rings (SSSR count). The van der Waals surface area contributed by atoms with Gasteiger partial charge in [-0.25, -0.2) is 0 Å². The van der Waals surface area contributed by atoms with Crippen LogP contribution in [0.3, 0.4) is 0 Å². The van der Waals surface area contributed by atoms with Crippen molar-refractivity contribution in [1.29, 1.82) is 0 Å². The maximum atomic E-state index is 5.75. The second kappa shape index (κ2) is 2.08. The minimum absolute atomic E-state index is 0.919. The van der Waals surface area contributed by atoms with Gasteiger partial charge in [-0.3, -0.25) is 0 Å². The van der Waals surface area contributed by atoms with Crippen molar-refractivity contribution in [3.8, 4) is 0 Å². The second-order valence-corrected chi connectivity index (χ2v) is 3.30. The quantitative estimate of drug-likeness (QED) is 0.528. The molecule has 0 saturated heterocycles. The normalized spacial score (nSPS) is 9.88. The van der Waals surface area contributed by atoms with Crippen molar-refractivity contribution in [2.24, 2.45) is 0 Å². The Hall–Kier alpha value is -0.0100. The molecule has 0 amide bonds. The van der Waals surface area contributed by atoms with Crippen LogP contribution in [0.1, 0.15) is 11.1 Å². The minimum atomic E-state index is 0.919. The molecule has 1 heterocycles. The molecule has 0 nitrogen and oxygen atoms in total. The molecule has 0 aliphatic rings. The van der Waals surface area contributed by atoms with Crippen LogP contribution in [0.5, 0.6) is 0 Å². The van der Waals surface area contributed by atoms with Gasteiger partial charge in [-0.15, -0.1) is 11.3 Å². The minimum Gasteiger partial charge on any atom is -0.131 e. The van der Waals surface area contributed by atoms with E-state index in [4.69, 9.17) is 11.6 Å². The topological polar surface area (TPSA) is 0 Å². The maximum Gasteiger partial charge on any atom is 0.0960 e. The summed E-state index contributed by atoms with van der Waals surface area (Å²) in [6.07, 6.45) is 0. The molecule has 0 unspecified atom stereocenters. The molecule has 0 bridgehead atoms. The Bertz CT molecular complexity index is 171. The molecule has 0 radical (unpaired) electrons. The van der Waals surface area contributed by atoms with Gasteiger partial charge in [0.15, 0.2) is 0 Å². The molecule has 1 aromatic heterocycles. The first-order valence-corrected chi connectivity index (χ1v) is 3.68. The van der Waals surface area contributed by atoms with Crippen LogP contribution in [-0.2, 0) is 0 Å². The lowest BCUT2D eigenvalue weighted by molar-refractivity contribution is 1.41. The summed E-state index contributed by atoms with van der Waals surface area (Å²) in [4.78, 5) is 0. The Morgan fingerprint density at radius 1 is 1.50 bits per heavy atom. The number of halogens is 1. The van der Waals surface area contributed by atoms with E-state index in [1.165, 1.54) is 11.1 Å². The van der Waals surface area contributed by atoms with Crippen molar-refractivity contribution in [3.05, 3.63) is 20.8 Å². The highest BCUT2D eigenvalue weighted by atomic mass is 35.5. The van der Waals surface area contributed by atoms with Gasteiger partial charge in [-0.2, -0.15) is 0 Å². The van der Waals surface area contributed by atoms with Gasteiger partial charge in [0.05, 0.1) is 4.34 Å². The van der Waals surface area contributed by atoms with Gasteiger partial charge in [0, 0.05) is 0 Å². The summed E-state index contributed by atoms with van der Waals surface area (Å²) in [5.41, 5.74) is 2.51. The lowest BCUT2D eigenvalue weighted by atomic mass is 10.2. The van der Waals surface area contributed by atoms with E-state index in [1.807, 2.05) is 6.92 Å². The van der Waals surface area contributed by atoms with Gasteiger partial charge in [0.25, 0.3) is 0 Å². The van der Waals surface area contributed by atoms with Crippen LogP contribution in [0.15, 0.2) is 5.38 Å². The highest BCUT2D eigenvalue weighted by Gasteiger charge is 1.97. The third-order valence-electron chi connectivity index (χ3n) is 1.23. The first-order chi connectivity index (χ1) is 3.72. The fraction of sp³-hybridized carbons (Fsp3) is 0.333. The van der Waals surface area contributed by atoms with Crippen LogP contribution in [0, 0.1) is 13.8 Å². The van der Waals surface area contributed by atoms with Crippen LogP contribution in [-0.4, -0.2) is 0 Å². The summed E-state index contributed by atoms with van der Waals surface area (Å²) in [6, 6.07) is 0. The predicted molar refractivity (Wildman–Crippen MR) is 38.8 cm³/mol. The Kier molecular flexibility index (Phi) is 1.59. The van der Waals surface area contributed by atoms with Crippen LogP contribution < -0.4 is 0 Å². The summed E-state index contributed by atoms with van der Waals surface area (Å²) in [7, 11) is 0. The Balaban J connectivity index is 3.19. The summed E-state index contributed by atoms with van der Waals surface area (Å²) >= 11 is 7.34. The number of hydrogen-bond acceptors (Lipinski definition) is 1. The van der Waals surface area contributed by atoms with E-state index in [9.17, 15) is 0 Å². The molecule has 1 aromatic rings. The Morgan fingerprint density at radius 3 is 2.25 bits per heavy atom. The lowest BCUT2D eigenvalue weighted by Gasteiger charge is -1.84. The van der Waals surface area contributed by atoms with Gasteiger partial charge >= 0.3 is 0 Å². The zero-order valence-electron chi connectivity index (χ0n) is 4.86. The second-order valence-electron chi connectivity index (χ2n) is 1.82. The smallest absolute Gasteiger partial charge is 0.0960 e. The lowest BCUT2D eigenvalue weighted by Crippen LogP contribution is -1.66. The van der Waals surface area contributed by atoms with E-state index in [2.05, 4.69) is 12.3 Å². The summed E-state index contributed by atoms with van der Waals surface area (Å²) in [5, 5.41) is 2.07. The molecule has 0 aliphatic heterocycles. The third-order valence-corrected chi connectivity index (χ3v) is 2.76. The van der Waals surface area contributed by atoms with Crippen molar-refractivity contribution in [1.82, 2.24) is 0 Å². The van der Waals surface area contributed by atoms with Crippen molar-refractivity contribution in [3.63, 3.8) is 0 Å². The van der Waals surface area contributed by atoms with E-state index in [0.29, 0.717) is 0 Å². The zero-order valence-corrected chi connectivity index (χ0v) is 6.44. The Labute approximate surface area is 58.1 Å². The molecule has 0 N–H and O–H groups in total. The van der Waals surface area contributed by atoms with Crippen molar-refractivity contribution in [2.45, 2.75) is 13.8 Å². The number of rotatable bonds is 0. The van der Waals surface area contributed by atoms with Crippen LogP contribution in [0.25, 0.3) is 0 Å². The molecular formula is C6H7ClS. The van der Waals surface area contributed by atoms with E-state index < -0.39 is 0 Å². The highest BCUT2D eigenvalue weighted by molar-refractivity contribution is 7.14. The molecule has 0 saturated carbocycles. The van der Waals surface area contributed by atoms with Gasteiger partial charge in [-0.1, -0.05) is 11.6 Å². The maximum absolute atomic E-state index is 5.75. The predicted octanol–water partition coefficient (Wildman–Crippen LogP) is 3.02. The fourth-order valence-corrected chi connectivity index (χ4v) is 1.55. The average Bonchev–Trinajstić information content (AvgIpc) is 1.98. The number of aryl methyl sites for hydroxylation is 1. The van der Waals surface area contributed by atoms with Crippen LogP contribution in [0.2, 0.25) is 4.34 Å². The summed E-state index contributed by atoms with van der Waals surface area (Å²) < 4.78 is 0.919. The van der Waals surface area contributed by atoms with Gasteiger partial charge < -0.3 is 0 Å². The largest absolute Gasteiger partial charge is 0.131 e. The first-order valence-electron chi connectivity index (χ1n) is 2.42. The number of thiophene rings is 1. The molecule has 0 fully saturated rings. The monoisotopic (exact) mass is 146 g/mol. The van der Waals surface area contributed by atoms with Gasteiger partial charge in [-0.05, 0) is 30.4 Å². The molecule has 2 heteroatoms. The summed E-state index contributed by atoms with van der Waals surface area (Å²) in [6.45, 7) is 4.10. The third kappa shape index (κ3) is 0.884. The molecule has 8 heavy (non-hydrogen) atoms. The molecule has 0 aliphatic carbocycles. The molecule has 0 aromatic carbocycles. The van der Waals surface area contributed by atoms with E-state index >= 15 is 0 Å². The van der Waals surface area contributed by atoms with Crippen LogP contribution >= 0.6 is 22.9 Å². The Morgan fingerprint density at radius 2 is 2.12 bits per heavy atom. The summed E-state index contributed by atoms with van der Waals surface area (Å²) in [5.74, 6) is 0. The van der Waals surface area contributed by atoms with Crippen LogP contribution in [0.4, 0.5) is 0 Å². The molecule has 0 spiro atoms. The van der Waals surface area contributed by atoms with E-state index in [1.54, 1.807) is 11.3 Å². The zero-order chi connectivity index (χ0) is 6.15. The van der Waals surface area contributed by atoms with Crippen molar-refractivity contribution in [2.75, 3.05) is 0 Å². The first kappa shape index (κ1) is 6.12. The van der Waals surface area contributed by atoms with E-state index in [0.717, 1.165) is 4.34 Å².